The molecule has 0 N–H and O–H groups in total. The molecule has 2 aromatic heterocycles. The average Bonchev–Trinajstić information content (AvgIpc) is 3.75. The largest absolute Gasteiger partial charge is 0.309 e. The zero-order chi connectivity index (χ0) is 35.3. The summed E-state index contributed by atoms with van der Waals surface area (Å²) in [5.74, 6) is 0. The van der Waals surface area contributed by atoms with Crippen LogP contribution >= 0.6 is 0 Å². The Morgan fingerprint density at radius 2 is 0.574 bits per heavy atom. The van der Waals surface area contributed by atoms with Gasteiger partial charge in [0.1, 0.15) is 0 Å². The molecule has 0 aliphatic heterocycles. The van der Waals surface area contributed by atoms with Gasteiger partial charge in [0, 0.05) is 32.9 Å². The van der Waals surface area contributed by atoms with Gasteiger partial charge in [-0.25, -0.2) is 0 Å². The first-order valence-electron chi connectivity index (χ1n) is 18.7. The van der Waals surface area contributed by atoms with E-state index in [9.17, 15) is 0 Å². The molecular weight excluding hydrogens is 653 g/mol. The molecule has 12 rings (SSSR count). The number of hydrogen-bond donors (Lipinski definition) is 0. The Labute approximate surface area is 311 Å². The molecule has 10 aromatic carbocycles. The van der Waals surface area contributed by atoms with Crippen LogP contribution in [0.3, 0.4) is 0 Å². The first-order valence-corrected chi connectivity index (χ1v) is 18.7. The normalized spacial score (nSPS) is 12.1. The summed E-state index contributed by atoms with van der Waals surface area (Å²) in [7, 11) is 0. The molecule has 12 aromatic rings. The highest BCUT2D eigenvalue weighted by molar-refractivity contribution is 6.14. The number of nitrogens with zero attached hydrogens (tertiary/aromatic N) is 2. The highest BCUT2D eigenvalue weighted by Gasteiger charge is 2.17. The Bertz CT molecular complexity index is 3270. The van der Waals surface area contributed by atoms with E-state index in [2.05, 4.69) is 203 Å². The van der Waals surface area contributed by atoms with Gasteiger partial charge in [0.15, 0.2) is 0 Å². The fraction of sp³-hybridized carbons (Fsp3) is 0. The van der Waals surface area contributed by atoms with Gasteiger partial charge in [-0.3, -0.25) is 0 Å². The van der Waals surface area contributed by atoms with Crippen molar-refractivity contribution in [2.24, 2.45) is 0 Å². The van der Waals surface area contributed by atoms with Crippen molar-refractivity contribution >= 4 is 86.7 Å². The van der Waals surface area contributed by atoms with Crippen LogP contribution in [0.2, 0.25) is 0 Å². The second-order valence-corrected chi connectivity index (χ2v) is 14.6. The van der Waals surface area contributed by atoms with Crippen molar-refractivity contribution in [2.45, 2.75) is 0 Å². The minimum Gasteiger partial charge on any atom is -0.309 e. The van der Waals surface area contributed by atoms with Crippen LogP contribution in [0.25, 0.3) is 109 Å². The van der Waals surface area contributed by atoms with Crippen LogP contribution in [0.15, 0.2) is 194 Å². The average molecular weight is 685 g/mol. The van der Waals surface area contributed by atoms with Gasteiger partial charge in [-0.2, -0.15) is 0 Å². The van der Waals surface area contributed by atoms with Crippen molar-refractivity contribution < 1.29 is 0 Å². The molecule has 0 aliphatic rings. The molecule has 2 heterocycles. The van der Waals surface area contributed by atoms with E-state index in [1.54, 1.807) is 0 Å². The summed E-state index contributed by atoms with van der Waals surface area (Å²) in [6.07, 6.45) is 0. The molecule has 0 saturated heterocycles. The minimum atomic E-state index is 1.17. The van der Waals surface area contributed by atoms with Crippen LogP contribution in [0.1, 0.15) is 0 Å². The Kier molecular flexibility index (Phi) is 6.09. The topological polar surface area (TPSA) is 9.86 Å². The van der Waals surface area contributed by atoms with E-state index in [0.717, 1.165) is 0 Å². The number of benzene rings is 10. The summed E-state index contributed by atoms with van der Waals surface area (Å²) in [6.45, 7) is 0. The molecule has 0 radical (unpaired) electrons. The zero-order valence-electron chi connectivity index (χ0n) is 29.4. The monoisotopic (exact) mass is 684 g/mol. The molecule has 0 unspecified atom stereocenters. The number of rotatable bonds is 3. The Morgan fingerprint density at radius 1 is 0.222 bits per heavy atom. The van der Waals surface area contributed by atoms with E-state index in [1.165, 1.54) is 109 Å². The molecule has 0 amide bonds. The van der Waals surface area contributed by atoms with E-state index in [0.29, 0.717) is 0 Å². The van der Waals surface area contributed by atoms with E-state index in [-0.39, 0.29) is 0 Å². The van der Waals surface area contributed by atoms with Gasteiger partial charge in [-0.05, 0) is 115 Å². The molecule has 2 heteroatoms. The lowest BCUT2D eigenvalue weighted by Gasteiger charge is -2.12. The molecule has 0 saturated carbocycles. The van der Waals surface area contributed by atoms with Gasteiger partial charge >= 0.3 is 0 Å². The summed E-state index contributed by atoms with van der Waals surface area (Å²) in [4.78, 5) is 0. The van der Waals surface area contributed by atoms with Crippen LogP contribution < -0.4 is 0 Å². The van der Waals surface area contributed by atoms with Crippen LogP contribution in [0, 0.1) is 0 Å². The van der Waals surface area contributed by atoms with Crippen molar-refractivity contribution in [3.8, 4) is 22.5 Å². The minimum absolute atomic E-state index is 1.17. The second kappa shape index (κ2) is 11.2. The molecule has 54 heavy (non-hydrogen) atoms. The van der Waals surface area contributed by atoms with Gasteiger partial charge in [-0.1, -0.05) is 133 Å². The number of fused-ring (bicyclic) bond motifs is 12. The molecular formula is C52H32N2. The van der Waals surface area contributed by atoms with E-state index in [1.807, 2.05) is 0 Å². The predicted octanol–water partition coefficient (Wildman–Crippen LogP) is 14.2. The summed E-state index contributed by atoms with van der Waals surface area (Å²) >= 11 is 0. The summed E-state index contributed by atoms with van der Waals surface area (Å²) < 4.78 is 4.86. The van der Waals surface area contributed by atoms with E-state index in [4.69, 9.17) is 0 Å². The van der Waals surface area contributed by atoms with Crippen molar-refractivity contribution in [1.29, 1.82) is 0 Å². The summed E-state index contributed by atoms with van der Waals surface area (Å²) in [5.41, 5.74) is 9.62. The molecule has 250 valence electrons. The lowest BCUT2D eigenvalue weighted by molar-refractivity contribution is 1.19. The molecule has 0 spiro atoms. The Morgan fingerprint density at radius 3 is 1.04 bits per heavy atom. The third kappa shape index (κ3) is 4.22. The first kappa shape index (κ1) is 29.4. The number of aromatic nitrogens is 2. The maximum atomic E-state index is 2.43. The van der Waals surface area contributed by atoms with Gasteiger partial charge < -0.3 is 9.13 Å². The van der Waals surface area contributed by atoms with Crippen molar-refractivity contribution in [3.05, 3.63) is 194 Å². The van der Waals surface area contributed by atoms with Crippen molar-refractivity contribution in [2.75, 3.05) is 0 Å². The third-order valence-electron chi connectivity index (χ3n) is 11.7. The molecule has 2 nitrogen and oxygen atoms in total. The Hall–Kier alpha value is -7.16. The summed E-state index contributed by atoms with van der Waals surface area (Å²) in [6, 6.07) is 71.7. The maximum Gasteiger partial charge on any atom is 0.0541 e. The number of para-hydroxylation sites is 2. The highest BCUT2D eigenvalue weighted by Crippen LogP contribution is 2.40. The Balaban J connectivity index is 1.03. The zero-order valence-corrected chi connectivity index (χ0v) is 29.4. The van der Waals surface area contributed by atoms with E-state index >= 15 is 0 Å². The molecule has 0 atom stereocenters. The fourth-order valence-corrected chi connectivity index (χ4v) is 9.12. The van der Waals surface area contributed by atoms with Gasteiger partial charge in [0.05, 0.1) is 22.1 Å². The first-order chi connectivity index (χ1) is 26.8. The van der Waals surface area contributed by atoms with E-state index < -0.39 is 0 Å². The lowest BCUT2D eigenvalue weighted by atomic mass is 10.0. The van der Waals surface area contributed by atoms with Crippen LogP contribution in [0.5, 0.6) is 0 Å². The summed E-state index contributed by atoms with van der Waals surface area (Å²) in [5, 5.41) is 15.2. The van der Waals surface area contributed by atoms with Crippen LogP contribution in [-0.4, -0.2) is 9.13 Å². The standard InChI is InChI=1S/C52H32N2/c1-3-11-41-33(9-1)17-19-35-21-25-39(31-45(35)41)53-49-15-7-5-13-43(49)47-29-37(23-27-51(47)53)38-24-28-52-48(30-38)44-14-6-8-16-50(44)54(52)40-26-22-36-20-18-34-10-2-4-12-42(34)46(36)32-40/h1-32H. The second-order valence-electron chi connectivity index (χ2n) is 14.6. The van der Waals surface area contributed by atoms with Gasteiger partial charge in [0.2, 0.25) is 0 Å². The van der Waals surface area contributed by atoms with Crippen molar-refractivity contribution in [3.63, 3.8) is 0 Å². The lowest BCUT2D eigenvalue weighted by Crippen LogP contribution is -1.94. The van der Waals surface area contributed by atoms with Crippen LogP contribution in [-0.2, 0) is 0 Å². The smallest absolute Gasteiger partial charge is 0.0541 e. The highest BCUT2D eigenvalue weighted by atomic mass is 15.0. The molecule has 0 bridgehead atoms. The van der Waals surface area contributed by atoms with Crippen molar-refractivity contribution in [1.82, 2.24) is 9.13 Å². The fourth-order valence-electron chi connectivity index (χ4n) is 9.12. The van der Waals surface area contributed by atoms with Gasteiger partial charge in [0.25, 0.3) is 0 Å². The number of hydrogen-bond acceptors (Lipinski definition) is 0. The maximum absolute atomic E-state index is 2.43. The SMILES string of the molecule is c1ccc2c(c1)ccc1ccc(-n3c4ccccc4c4cc(-c5ccc6c(c5)c5ccccc5n6-c5ccc6ccc7ccccc7c6c5)ccc43)cc12. The third-order valence-corrected chi connectivity index (χ3v) is 11.7. The van der Waals surface area contributed by atoms with Crippen LogP contribution in [0.4, 0.5) is 0 Å². The molecule has 0 fully saturated rings. The quantitative estimate of drug-likeness (QED) is 0.164. The molecule has 0 aliphatic carbocycles. The predicted molar refractivity (Wildman–Crippen MR) is 231 cm³/mol. The van der Waals surface area contributed by atoms with Gasteiger partial charge in [-0.15, -0.1) is 0 Å².